The zero-order valence-corrected chi connectivity index (χ0v) is 13.7. The summed E-state index contributed by atoms with van der Waals surface area (Å²) in [6, 6.07) is 5.20. The Morgan fingerprint density at radius 2 is 1.85 bits per heavy atom. The second kappa shape index (κ2) is 7.64. The number of methoxy groups -OCH3 is 2. The molecular weight excluding hydrogens is 274 g/mol. The van der Waals surface area contributed by atoms with Gasteiger partial charge >= 0.3 is 0 Å². The van der Waals surface area contributed by atoms with E-state index in [1.54, 1.807) is 20.3 Å². The van der Waals surface area contributed by atoms with Crippen LogP contribution < -0.4 is 15.2 Å². The minimum atomic E-state index is -0.955. The molecule has 3 atom stereocenters. The molecule has 0 aliphatic carbocycles. The van der Waals surface area contributed by atoms with Crippen molar-refractivity contribution >= 4 is 10.8 Å². The third-order valence-corrected chi connectivity index (χ3v) is 5.60. The van der Waals surface area contributed by atoms with Crippen LogP contribution in [0.2, 0.25) is 0 Å². The van der Waals surface area contributed by atoms with Crippen LogP contribution in [0.15, 0.2) is 18.2 Å². The quantitative estimate of drug-likeness (QED) is 0.840. The number of rotatable bonds is 7. The van der Waals surface area contributed by atoms with Gasteiger partial charge in [0.15, 0.2) is 0 Å². The van der Waals surface area contributed by atoms with Crippen LogP contribution in [0.5, 0.6) is 11.5 Å². The maximum absolute atomic E-state index is 12.3. The molecule has 4 nitrogen and oxygen atoms in total. The molecule has 2 N–H and O–H groups in total. The molecule has 0 aliphatic heterocycles. The third-order valence-electron chi connectivity index (χ3n) is 3.54. The van der Waals surface area contributed by atoms with Crippen LogP contribution >= 0.6 is 0 Å². The summed E-state index contributed by atoms with van der Waals surface area (Å²) in [6.45, 7) is 6.14. The minimum absolute atomic E-state index is 0.130. The molecule has 5 heteroatoms. The van der Waals surface area contributed by atoms with Crippen molar-refractivity contribution in [1.82, 2.24) is 0 Å². The van der Waals surface area contributed by atoms with E-state index in [9.17, 15) is 4.21 Å². The van der Waals surface area contributed by atoms with Gasteiger partial charge in [-0.05, 0) is 12.0 Å². The second-order valence-corrected chi connectivity index (χ2v) is 7.05. The lowest BCUT2D eigenvalue weighted by Gasteiger charge is -2.20. The molecule has 3 unspecified atom stereocenters. The Labute approximate surface area is 124 Å². The van der Waals surface area contributed by atoms with Crippen LogP contribution in [0.4, 0.5) is 0 Å². The molecular formula is C15H25NO3S. The molecule has 1 rings (SSSR count). The zero-order valence-electron chi connectivity index (χ0n) is 12.9. The first-order chi connectivity index (χ1) is 9.40. The van der Waals surface area contributed by atoms with E-state index in [1.807, 2.05) is 19.1 Å². The topological polar surface area (TPSA) is 61.5 Å². The fourth-order valence-corrected chi connectivity index (χ4v) is 3.29. The average molecular weight is 299 g/mol. The Morgan fingerprint density at radius 1 is 1.20 bits per heavy atom. The van der Waals surface area contributed by atoms with E-state index < -0.39 is 10.8 Å². The predicted octanol–water partition coefficient (Wildman–Crippen LogP) is 2.50. The Kier molecular flexibility index (Phi) is 6.49. The van der Waals surface area contributed by atoms with E-state index in [-0.39, 0.29) is 11.3 Å². The summed E-state index contributed by atoms with van der Waals surface area (Å²) in [4.78, 5) is 0. The average Bonchev–Trinajstić information content (AvgIpc) is 2.45. The molecule has 0 fully saturated rings. The number of hydrogen-bond donors (Lipinski definition) is 1. The van der Waals surface area contributed by atoms with Crippen LogP contribution in [-0.2, 0) is 10.8 Å². The van der Waals surface area contributed by atoms with Gasteiger partial charge in [-0.15, -0.1) is 0 Å². The molecule has 114 valence electrons. The molecule has 1 aromatic carbocycles. The van der Waals surface area contributed by atoms with E-state index in [0.29, 0.717) is 17.4 Å². The smallest absolute Gasteiger partial charge is 0.127 e. The highest BCUT2D eigenvalue weighted by Crippen LogP contribution is 2.29. The standard InChI is InChI=1S/C15H25NO3S/c1-10(2)11(3)20(17)9-14(16)13-7-6-12(18-4)8-15(13)19-5/h6-8,10-11,14H,9,16H2,1-5H3. The van der Waals surface area contributed by atoms with E-state index in [4.69, 9.17) is 15.2 Å². The van der Waals surface area contributed by atoms with E-state index >= 15 is 0 Å². The summed E-state index contributed by atoms with van der Waals surface area (Å²) in [6.07, 6.45) is 0. The van der Waals surface area contributed by atoms with Crippen molar-refractivity contribution in [3.05, 3.63) is 23.8 Å². The molecule has 0 aromatic heterocycles. The van der Waals surface area contributed by atoms with Crippen LogP contribution in [-0.4, -0.2) is 29.4 Å². The van der Waals surface area contributed by atoms with Crippen LogP contribution in [0, 0.1) is 5.92 Å². The van der Waals surface area contributed by atoms with Crippen molar-refractivity contribution in [3.8, 4) is 11.5 Å². The molecule has 1 aromatic rings. The summed E-state index contributed by atoms with van der Waals surface area (Å²) in [7, 11) is 2.25. The molecule has 0 bridgehead atoms. The molecule has 20 heavy (non-hydrogen) atoms. The molecule has 0 saturated heterocycles. The van der Waals surface area contributed by atoms with Gasteiger partial charge in [0.1, 0.15) is 11.5 Å². The number of ether oxygens (including phenoxy) is 2. The first-order valence-electron chi connectivity index (χ1n) is 6.75. The van der Waals surface area contributed by atoms with Gasteiger partial charge in [-0.3, -0.25) is 4.21 Å². The molecule has 0 saturated carbocycles. The Bertz CT molecular complexity index is 462. The van der Waals surface area contributed by atoms with Crippen LogP contribution in [0.1, 0.15) is 32.4 Å². The highest BCUT2D eigenvalue weighted by Gasteiger charge is 2.20. The van der Waals surface area contributed by atoms with E-state index in [2.05, 4.69) is 13.8 Å². The van der Waals surface area contributed by atoms with Gasteiger partial charge in [0.05, 0.1) is 14.2 Å². The summed E-state index contributed by atoms with van der Waals surface area (Å²) in [5.41, 5.74) is 7.05. The Hall–Kier alpha value is -1.07. The first-order valence-corrected chi connectivity index (χ1v) is 8.13. The lowest BCUT2D eigenvalue weighted by Crippen LogP contribution is -2.26. The van der Waals surface area contributed by atoms with Gasteiger partial charge in [0.2, 0.25) is 0 Å². The summed E-state index contributed by atoms with van der Waals surface area (Å²) < 4.78 is 22.8. The second-order valence-electron chi connectivity index (χ2n) is 5.21. The van der Waals surface area contributed by atoms with Crippen molar-refractivity contribution in [2.75, 3.05) is 20.0 Å². The van der Waals surface area contributed by atoms with Crippen molar-refractivity contribution in [3.63, 3.8) is 0 Å². The Balaban J connectivity index is 2.87. The van der Waals surface area contributed by atoms with Crippen LogP contribution in [0.3, 0.4) is 0 Å². The van der Waals surface area contributed by atoms with Gasteiger partial charge in [-0.1, -0.05) is 26.8 Å². The molecule has 0 amide bonds. The number of benzene rings is 1. The fraction of sp³-hybridized carbons (Fsp3) is 0.600. The predicted molar refractivity (Wildman–Crippen MR) is 83.8 cm³/mol. The van der Waals surface area contributed by atoms with Gasteiger partial charge in [-0.25, -0.2) is 0 Å². The van der Waals surface area contributed by atoms with Gasteiger partial charge < -0.3 is 15.2 Å². The van der Waals surface area contributed by atoms with E-state index in [0.717, 1.165) is 11.3 Å². The monoisotopic (exact) mass is 299 g/mol. The third kappa shape index (κ3) is 4.21. The minimum Gasteiger partial charge on any atom is -0.497 e. The normalized spacial score (nSPS) is 15.8. The van der Waals surface area contributed by atoms with Gasteiger partial charge in [0, 0.05) is 39.5 Å². The molecule has 0 spiro atoms. The van der Waals surface area contributed by atoms with Crippen molar-refractivity contribution in [2.45, 2.75) is 32.1 Å². The summed E-state index contributed by atoms with van der Waals surface area (Å²) in [5.74, 6) is 2.20. The largest absolute Gasteiger partial charge is 0.497 e. The molecule has 0 radical (unpaired) electrons. The fourth-order valence-electron chi connectivity index (χ4n) is 1.85. The summed E-state index contributed by atoms with van der Waals surface area (Å²) in [5, 5.41) is 0.130. The highest BCUT2D eigenvalue weighted by atomic mass is 32.2. The maximum atomic E-state index is 12.3. The zero-order chi connectivity index (χ0) is 15.3. The van der Waals surface area contributed by atoms with Crippen molar-refractivity contribution in [1.29, 1.82) is 0 Å². The lowest BCUT2D eigenvalue weighted by atomic mass is 10.1. The van der Waals surface area contributed by atoms with Crippen LogP contribution in [0.25, 0.3) is 0 Å². The first kappa shape index (κ1) is 17.0. The molecule has 0 aliphatic rings. The highest BCUT2D eigenvalue weighted by molar-refractivity contribution is 7.85. The number of nitrogens with two attached hydrogens (primary N) is 1. The van der Waals surface area contributed by atoms with Crippen molar-refractivity contribution < 1.29 is 13.7 Å². The summed E-state index contributed by atoms with van der Waals surface area (Å²) >= 11 is 0. The van der Waals surface area contributed by atoms with E-state index in [1.165, 1.54) is 0 Å². The number of hydrogen-bond acceptors (Lipinski definition) is 4. The van der Waals surface area contributed by atoms with Gasteiger partial charge in [-0.2, -0.15) is 0 Å². The molecule has 0 heterocycles. The Morgan fingerprint density at radius 3 is 2.35 bits per heavy atom. The lowest BCUT2D eigenvalue weighted by molar-refractivity contribution is 0.389. The van der Waals surface area contributed by atoms with Crippen molar-refractivity contribution in [2.24, 2.45) is 11.7 Å². The van der Waals surface area contributed by atoms with Gasteiger partial charge in [0.25, 0.3) is 0 Å². The maximum Gasteiger partial charge on any atom is 0.127 e. The SMILES string of the molecule is COc1ccc(C(N)CS(=O)C(C)C(C)C)c(OC)c1.